The Bertz CT molecular complexity index is 1010. The summed E-state index contributed by atoms with van der Waals surface area (Å²) in [6.07, 6.45) is 5.35. The summed E-state index contributed by atoms with van der Waals surface area (Å²) >= 11 is 0. The fraction of sp³-hybridized carbons (Fsp3) is 0.400. The number of nitrogens with one attached hydrogen (secondary N) is 3. The first kappa shape index (κ1) is 27.3. The van der Waals surface area contributed by atoms with E-state index < -0.39 is 0 Å². The number of carbonyl (C=O) groups excluding carboxylic acids is 2. The van der Waals surface area contributed by atoms with Crippen LogP contribution in [0.2, 0.25) is 0 Å². The van der Waals surface area contributed by atoms with E-state index in [0.29, 0.717) is 31.2 Å². The third-order valence-corrected chi connectivity index (χ3v) is 4.75. The van der Waals surface area contributed by atoms with Crippen LogP contribution in [0, 0.1) is 0 Å². The van der Waals surface area contributed by atoms with Gasteiger partial charge in [0.1, 0.15) is 11.6 Å². The number of benzene rings is 1. The summed E-state index contributed by atoms with van der Waals surface area (Å²) < 4.78 is 0. The van der Waals surface area contributed by atoms with Gasteiger partial charge in [-0.25, -0.2) is 9.97 Å². The number of rotatable bonds is 11. The molecule has 0 aliphatic carbocycles. The molecule has 0 fully saturated rings. The molecule has 2 amide bonds. The molecule has 1 aromatic carbocycles. The fourth-order valence-corrected chi connectivity index (χ4v) is 3.14. The van der Waals surface area contributed by atoms with Crippen molar-refractivity contribution in [3.63, 3.8) is 0 Å². The van der Waals surface area contributed by atoms with Crippen molar-refractivity contribution in [3.05, 3.63) is 48.3 Å². The standard InChI is InChI=1S/C21H27N7O.C4H9NO/c1-16-15-28(12-10-22-16)13-11-25-20-14-19(24-9-8-23-17(2)29)26-21(27-20)18-6-4-3-5-7-18;1-2-3-4(5)6/h3-7,10,14-15H,8-9,11-13H2,1-2H3,(H,23,29)(H2,24,25,26,27);2-3H2,1H3,(H2,5,6). The van der Waals surface area contributed by atoms with E-state index in [0.717, 1.165) is 43.1 Å². The van der Waals surface area contributed by atoms with Gasteiger partial charge in [0.15, 0.2) is 5.82 Å². The van der Waals surface area contributed by atoms with E-state index >= 15 is 0 Å². The van der Waals surface area contributed by atoms with Crippen LogP contribution in [0.3, 0.4) is 0 Å². The second kappa shape index (κ2) is 15.0. The molecule has 3 rings (SSSR count). The molecular weight excluding hydrogens is 444 g/mol. The van der Waals surface area contributed by atoms with E-state index in [2.05, 4.69) is 42.0 Å². The highest BCUT2D eigenvalue weighted by Crippen LogP contribution is 2.20. The van der Waals surface area contributed by atoms with Crippen LogP contribution in [0.1, 0.15) is 33.6 Å². The van der Waals surface area contributed by atoms with Gasteiger partial charge in [0.25, 0.3) is 0 Å². The number of carbonyl (C=O) groups is 2. The van der Waals surface area contributed by atoms with E-state index in [9.17, 15) is 9.59 Å². The number of hydrogen-bond donors (Lipinski definition) is 4. The molecule has 188 valence electrons. The van der Waals surface area contributed by atoms with Crippen LogP contribution in [-0.2, 0) is 9.59 Å². The van der Waals surface area contributed by atoms with Crippen LogP contribution in [0.25, 0.3) is 11.4 Å². The smallest absolute Gasteiger partial charge is 0.217 e. The van der Waals surface area contributed by atoms with E-state index in [1.54, 1.807) is 0 Å². The van der Waals surface area contributed by atoms with Crippen molar-refractivity contribution in [2.45, 2.75) is 33.6 Å². The lowest BCUT2D eigenvalue weighted by Gasteiger charge is -2.22. The summed E-state index contributed by atoms with van der Waals surface area (Å²) in [6.45, 7) is 8.94. The van der Waals surface area contributed by atoms with Crippen LogP contribution < -0.4 is 21.7 Å². The van der Waals surface area contributed by atoms with Gasteiger partial charge < -0.3 is 26.6 Å². The van der Waals surface area contributed by atoms with Gasteiger partial charge in [0, 0.05) is 63.6 Å². The first-order chi connectivity index (χ1) is 16.9. The summed E-state index contributed by atoms with van der Waals surface area (Å²) in [5.74, 6) is 1.87. The Hall–Kier alpha value is -3.95. The van der Waals surface area contributed by atoms with Crippen LogP contribution in [0.5, 0.6) is 0 Å². The number of nitrogens with zero attached hydrogens (tertiary/aromatic N) is 4. The molecule has 0 radical (unpaired) electrons. The summed E-state index contributed by atoms with van der Waals surface area (Å²) in [5.41, 5.74) is 6.72. The molecule has 0 spiro atoms. The number of nitrogens with two attached hydrogens (primary N) is 1. The van der Waals surface area contributed by atoms with Crippen molar-refractivity contribution in [1.29, 1.82) is 0 Å². The summed E-state index contributed by atoms with van der Waals surface area (Å²) in [5, 5.41) is 9.41. The largest absolute Gasteiger partial charge is 0.370 e. The Labute approximate surface area is 207 Å². The summed E-state index contributed by atoms with van der Waals surface area (Å²) in [7, 11) is 0. The monoisotopic (exact) mass is 480 g/mol. The predicted molar refractivity (Wildman–Crippen MR) is 141 cm³/mol. The predicted octanol–water partition coefficient (Wildman–Crippen LogP) is 2.62. The molecule has 1 aromatic heterocycles. The van der Waals surface area contributed by atoms with Gasteiger partial charge in [0.05, 0.1) is 12.2 Å². The van der Waals surface area contributed by atoms with Crippen molar-refractivity contribution >= 4 is 29.7 Å². The van der Waals surface area contributed by atoms with Crippen molar-refractivity contribution in [1.82, 2.24) is 20.2 Å². The van der Waals surface area contributed by atoms with E-state index in [4.69, 9.17) is 5.73 Å². The minimum Gasteiger partial charge on any atom is -0.370 e. The Morgan fingerprint density at radius 2 is 1.74 bits per heavy atom. The average molecular weight is 481 g/mol. The first-order valence-electron chi connectivity index (χ1n) is 11.8. The van der Waals surface area contributed by atoms with Gasteiger partial charge in [-0.1, -0.05) is 37.3 Å². The van der Waals surface area contributed by atoms with Crippen LogP contribution in [0.15, 0.2) is 53.3 Å². The Morgan fingerprint density at radius 1 is 1.06 bits per heavy atom. The first-order valence-corrected chi connectivity index (χ1v) is 11.8. The van der Waals surface area contributed by atoms with E-state index in [1.165, 1.54) is 6.92 Å². The third kappa shape index (κ3) is 11.1. The number of amides is 2. The maximum Gasteiger partial charge on any atom is 0.217 e. The van der Waals surface area contributed by atoms with Crippen molar-refractivity contribution < 1.29 is 9.59 Å². The van der Waals surface area contributed by atoms with Gasteiger partial charge in [-0.05, 0) is 13.3 Å². The number of aromatic nitrogens is 2. The number of allylic oxidation sites excluding steroid dienone is 1. The molecule has 10 nitrogen and oxygen atoms in total. The van der Waals surface area contributed by atoms with Crippen LogP contribution in [0.4, 0.5) is 11.6 Å². The molecule has 0 saturated carbocycles. The summed E-state index contributed by atoms with van der Waals surface area (Å²) in [4.78, 5) is 36.6. The molecule has 35 heavy (non-hydrogen) atoms. The minimum absolute atomic E-state index is 0.0474. The highest BCUT2D eigenvalue weighted by Gasteiger charge is 2.08. The van der Waals surface area contributed by atoms with Crippen molar-refractivity contribution in [3.8, 4) is 11.4 Å². The quantitative estimate of drug-likeness (QED) is 0.363. The highest BCUT2D eigenvalue weighted by molar-refractivity contribution is 5.73. The normalized spacial score (nSPS) is 12.2. The van der Waals surface area contributed by atoms with Crippen LogP contribution >= 0.6 is 0 Å². The number of aliphatic imine (C=N–C) groups is 1. The van der Waals surface area contributed by atoms with E-state index in [1.807, 2.05) is 56.5 Å². The van der Waals surface area contributed by atoms with Gasteiger partial charge in [-0.2, -0.15) is 0 Å². The third-order valence-electron chi connectivity index (χ3n) is 4.75. The molecule has 5 N–H and O–H groups in total. The number of hydrogen-bond acceptors (Lipinski definition) is 8. The molecule has 0 unspecified atom stereocenters. The summed E-state index contributed by atoms with van der Waals surface area (Å²) in [6, 6.07) is 11.8. The molecular formula is C25H36N8O2. The zero-order chi connectivity index (χ0) is 25.5. The zero-order valence-corrected chi connectivity index (χ0v) is 20.8. The molecule has 10 heteroatoms. The lowest BCUT2D eigenvalue weighted by atomic mass is 10.2. The van der Waals surface area contributed by atoms with Crippen LogP contribution in [-0.4, -0.2) is 65.6 Å². The Balaban J connectivity index is 0.000000641. The second-order valence-corrected chi connectivity index (χ2v) is 7.96. The molecule has 2 aromatic rings. The average Bonchev–Trinajstić information content (AvgIpc) is 2.83. The Kier molecular flexibility index (Phi) is 11.7. The second-order valence-electron chi connectivity index (χ2n) is 7.96. The number of anilines is 2. The van der Waals surface area contributed by atoms with Gasteiger partial charge in [0.2, 0.25) is 11.8 Å². The zero-order valence-electron chi connectivity index (χ0n) is 20.8. The molecule has 2 heterocycles. The Morgan fingerprint density at radius 3 is 2.31 bits per heavy atom. The fourth-order valence-electron chi connectivity index (χ4n) is 3.14. The molecule has 0 bridgehead atoms. The molecule has 0 atom stereocenters. The highest BCUT2D eigenvalue weighted by atomic mass is 16.1. The number of primary amides is 1. The molecule has 1 aliphatic rings. The van der Waals surface area contributed by atoms with E-state index in [-0.39, 0.29) is 11.8 Å². The van der Waals surface area contributed by atoms with Gasteiger partial charge >= 0.3 is 0 Å². The lowest BCUT2D eigenvalue weighted by molar-refractivity contribution is -0.119. The lowest BCUT2D eigenvalue weighted by Crippen LogP contribution is -2.28. The molecule has 0 saturated heterocycles. The maximum absolute atomic E-state index is 11.0. The van der Waals surface area contributed by atoms with Crippen molar-refractivity contribution in [2.24, 2.45) is 10.7 Å². The topological polar surface area (TPSA) is 138 Å². The van der Waals surface area contributed by atoms with Gasteiger partial charge in [-0.15, -0.1) is 0 Å². The van der Waals surface area contributed by atoms with Gasteiger partial charge in [-0.3, -0.25) is 14.6 Å². The molecule has 1 aliphatic heterocycles. The minimum atomic E-state index is -0.211. The SMILES string of the molecule is CC(=O)NCCNc1cc(NCCN2C=C(C)N=CC2)nc(-c2ccccc2)n1.CCCC(N)=O. The van der Waals surface area contributed by atoms with Crippen molar-refractivity contribution in [2.75, 3.05) is 43.4 Å². The maximum atomic E-state index is 11.0.